The highest BCUT2D eigenvalue weighted by Gasteiger charge is 2.22. The van der Waals surface area contributed by atoms with Crippen LogP contribution in [-0.2, 0) is 9.59 Å². The van der Waals surface area contributed by atoms with Gasteiger partial charge in [0.2, 0.25) is 5.91 Å². The van der Waals surface area contributed by atoms with Crippen LogP contribution in [0.4, 0.5) is 4.39 Å². The summed E-state index contributed by atoms with van der Waals surface area (Å²) in [4.78, 5) is 22.4. The Labute approximate surface area is 113 Å². The number of benzene rings is 1. The van der Waals surface area contributed by atoms with E-state index in [4.69, 9.17) is 16.7 Å². The van der Waals surface area contributed by atoms with Crippen molar-refractivity contribution in [2.75, 3.05) is 12.0 Å². The highest BCUT2D eigenvalue weighted by Crippen LogP contribution is 2.20. The Morgan fingerprint density at radius 3 is 2.72 bits per heavy atom. The van der Waals surface area contributed by atoms with E-state index < -0.39 is 23.7 Å². The van der Waals surface area contributed by atoms with Crippen LogP contribution in [0.15, 0.2) is 18.2 Å². The highest BCUT2D eigenvalue weighted by molar-refractivity contribution is 7.99. The van der Waals surface area contributed by atoms with E-state index in [0.717, 1.165) is 6.07 Å². The molecule has 18 heavy (non-hydrogen) atoms. The molecule has 0 aliphatic carbocycles. The minimum absolute atomic E-state index is 0.0988. The van der Waals surface area contributed by atoms with Gasteiger partial charge in [-0.1, -0.05) is 17.7 Å². The summed E-state index contributed by atoms with van der Waals surface area (Å²) in [5.41, 5.74) is 0.138. The second-order valence-corrected chi connectivity index (χ2v) is 4.72. The lowest BCUT2D eigenvalue weighted by Crippen LogP contribution is -2.34. The molecule has 4 nitrogen and oxygen atoms in total. The number of carboxylic acid groups (broad SMARTS) is 1. The van der Waals surface area contributed by atoms with E-state index in [-0.39, 0.29) is 16.3 Å². The summed E-state index contributed by atoms with van der Waals surface area (Å²) >= 11 is 6.77. The zero-order valence-electron chi connectivity index (χ0n) is 9.44. The molecule has 2 N–H and O–H groups in total. The Balaban J connectivity index is 2.94. The van der Waals surface area contributed by atoms with Crippen molar-refractivity contribution >= 4 is 35.2 Å². The van der Waals surface area contributed by atoms with Crippen molar-refractivity contribution in [1.82, 2.24) is 5.32 Å². The third-order valence-corrected chi connectivity index (χ3v) is 2.96. The molecule has 1 aromatic carbocycles. The molecule has 0 saturated carbocycles. The predicted molar refractivity (Wildman–Crippen MR) is 68.3 cm³/mol. The second kappa shape index (κ2) is 6.61. The third kappa shape index (κ3) is 3.89. The molecule has 0 aliphatic heterocycles. The molecule has 7 heteroatoms. The van der Waals surface area contributed by atoms with Crippen LogP contribution in [-0.4, -0.2) is 29.0 Å². The maximum atomic E-state index is 13.2. The van der Waals surface area contributed by atoms with Crippen LogP contribution in [0, 0.1) is 5.82 Å². The largest absolute Gasteiger partial charge is 0.479 e. The predicted octanol–water partition coefficient (Wildman–Crippen LogP) is 2.08. The van der Waals surface area contributed by atoms with E-state index in [2.05, 4.69) is 5.32 Å². The molecule has 0 fully saturated rings. The number of carboxylic acids is 1. The van der Waals surface area contributed by atoms with E-state index in [1.807, 2.05) is 0 Å². The van der Waals surface area contributed by atoms with E-state index in [1.54, 1.807) is 6.26 Å². The molecule has 0 bridgehead atoms. The van der Waals surface area contributed by atoms with Gasteiger partial charge in [0, 0.05) is 0 Å². The van der Waals surface area contributed by atoms with Crippen molar-refractivity contribution in [2.24, 2.45) is 0 Å². The molecule has 0 saturated heterocycles. The van der Waals surface area contributed by atoms with Crippen LogP contribution in [0.3, 0.4) is 0 Å². The van der Waals surface area contributed by atoms with Gasteiger partial charge in [0.25, 0.3) is 0 Å². The number of aliphatic carboxylic acids is 1. The molecular weight excluding hydrogens is 281 g/mol. The normalized spacial score (nSPS) is 11.9. The van der Waals surface area contributed by atoms with Crippen LogP contribution in [0.2, 0.25) is 5.02 Å². The lowest BCUT2D eigenvalue weighted by molar-refractivity contribution is -0.141. The van der Waals surface area contributed by atoms with Gasteiger partial charge in [-0.3, -0.25) is 4.79 Å². The van der Waals surface area contributed by atoms with E-state index in [0.29, 0.717) is 0 Å². The number of rotatable bonds is 5. The van der Waals surface area contributed by atoms with Gasteiger partial charge in [-0.25, -0.2) is 9.18 Å². The summed E-state index contributed by atoms with van der Waals surface area (Å²) in [6, 6.07) is 2.34. The molecule has 0 aliphatic rings. The number of hydrogen-bond donors (Lipinski definition) is 2. The third-order valence-electron chi connectivity index (χ3n) is 2.10. The number of amides is 1. The van der Waals surface area contributed by atoms with Gasteiger partial charge in [-0.2, -0.15) is 11.8 Å². The summed E-state index contributed by atoms with van der Waals surface area (Å²) in [5, 5.41) is 11.2. The zero-order chi connectivity index (χ0) is 13.7. The van der Waals surface area contributed by atoms with E-state index in [9.17, 15) is 14.0 Å². The number of thioether (sulfide) groups is 1. The lowest BCUT2D eigenvalue weighted by Gasteiger charge is -2.14. The van der Waals surface area contributed by atoms with Gasteiger partial charge in [0.15, 0.2) is 6.04 Å². The SMILES string of the molecule is CSCC(=O)NC(C(=O)O)c1ccc(Cl)c(F)c1. The molecule has 0 aromatic heterocycles. The van der Waals surface area contributed by atoms with Crippen LogP contribution >= 0.6 is 23.4 Å². The highest BCUT2D eigenvalue weighted by atomic mass is 35.5. The van der Waals surface area contributed by atoms with Crippen molar-refractivity contribution in [3.63, 3.8) is 0 Å². The molecule has 0 spiro atoms. The molecule has 98 valence electrons. The number of nitrogens with one attached hydrogen (secondary N) is 1. The number of carbonyl (C=O) groups is 2. The van der Waals surface area contributed by atoms with Gasteiger partial charge in [0.05, 0.1) is 10.8 Å². The fourth-order valence-corrected chi connectivity index (χ4v) is 1.78. The van der Waals surface area contributed by atoms with Crippen molar-refractivity contribution in [3.05, 3.63) is 34.6 Å². The fourth-order valence-electron chi connectivity index (χ4n) is 1.31. The Kier molecular flexibility index (Phi) is 5.43. The molecule has 0 radical (unpaired) electrons. The zero-order valence-corrected chi connectivity index (χ0v) is 11.0. The van der Waals surface area contributed by atoms with Gasteiger partial charge in [-0.15, -0.1) is 0 Å². The summed E-state index contributed by atoms with van der Waals surface area (Å²) in [7, 11) is 0. The standard InChI is InChI=1S/C11H11ClFNO3S/c1-18-5-9(15)14-10(11(16)17)6-2-3-7(12)8(13)4-6/h2-4,10H,5H2,1H3,(H,14,15)(H,16,17). The fraction of sp³-hybridized carbons (Fsp3) is 0.273. The molecule has 1 aromatic rings. The van der Waals surface area contributed by atoms with Gasteiger partial charge in [-0.05, 0) is 24.0 Å². The average Bonchev–Trinajstić information content (AvgIpc) is 2.30. The Morgan fingerprint density at radius 1 is 1.56 bits per heavy atom. The summed E-state index contributed by atoms with van der Waals surface area (Å²) in [6.07, 6.45) is 1.72. The van der Waals surface area contributed by atoms with Crippen LogP contribution in [0.5, 0.6) is 0 Å². The molecule has 0 heterocycles. The smallest absolute Gasteiger partial charge is 0.330 e. The van der Waals surface area contributed by atoms with E-state index >= 15 is 0 Å². The van der Waals surface area contributed by atoms with Gasteiger partial charge in [0.1, 0.15) is 5.82 Å². The van der Waals surface area contributed by atoms with Crippen LogP contribution in [0.25, 0.3) is 0 Å². The quantitative estimate of drug-likeness (QED) is 0.872. The second-order valence-electron chi connectivity index (χ2n) is 3.45. The first kappa shape index (κ1) is 14.8. The van der Waals surface area contributed by atoms with E-state index in [1.165, 1.54) is 23.9 Å². The molecule has 1 unspecified atom stereocenters. The first-order valence-electron chi connectivity index (χ1n) is 4.91. The minimum atomic E-state index is -1.28. The Bertz CT molecular complexity index is 470. The topological polar surface area (TPSA) is 66.4 Å². The maximum absolute atomic E-state index is 13.2. The summed E-state index contributed by atoms with van der Waals surface area (Å²) in [5.74, 6) is -2.27. The Hall–Kier alpha value is -1.27. The summed E-state index contributed by atoms with van der Waals surface area (Å²) < 4.78 is 13.2. The molecule has 1 amide bonds. The minimum Gasteiger partial charge on any atom is -0.479 e. The number of carbonyl (C=O) groups excluding carboxylic acids is 1. The van der Waals surface area contributed by atoms with Crippen LogP contribution in [0.1, 0.15) is 11.6 Å². The molecule has 1 atom stereocenters. The molecule has 1 rings (SSSR count). The van der Waals surface area contributed by atoms with Gasteiger partial charge < -0.3 is 10.4 Å². The summed E-state index contributed by atoms with van der Waals surface area (Å²) in [6.45, 7) is 0. The lowest BCUT2D eigenvalue weighted by atomic mass is 10.1. The number of hydrogen-bond acceptors (Lipinski definition) is 3. The first-order chi connectivity index (χ1) is 8.45. The Morgan fingerprint density at radius 2 is 2.22 bits per heavy atom. The number of halogens is 2. The van der Waals surface area contributed by atoms with Crippen molar-refractivity contribution in [2.45, 2.75) is 6.04 Å². The average molecular weight is 292 g/mol. The maximum Gasteiger partial charge on any atom is 0.330 e. The van der Waals surface area contributed by atoms with Crippen molar-refractivity contribution < 1.29 is 19.1 Å². The van der Waals surface area contributed by atoms with Crippen molar-refractivity contribution in [1.29, 1.82) is 0 Å². The first-order valence-corrected chi connectivity index (χ1v) is 6.69. The van der Waals surface area contributed by atoms with Crippen LogP contribution < -0.4 is 5.32 Å². The van der Waals surface area contributed by atoms with Crippen molar-refractivity contribution in [3.8, 4) is 0 Å². The van der Waals surface area contributed by atoms with Gasteiger partial charge >= 0.3 is 5.97 Å². The molecular formula is C11H11ClFNO3S. The monoisotopic (exact) mass is 291 g/mol.